The van der Waals surface area contributed by atoms with Crippen LogP contribution in [-0.2, 0) is 4.79 Å². The Hall–Kier alpha value is -1.88. The number of hydrogen-bond donors (Lipinski definition) is 2. The van der Waals surface area contributed by atoms with E-state index >= 15 is 0 Å². The quantitative estimate of drug-likeness (QED) is 0.693. The number of aliphatic hydroxyl groups excluding tert-OH is 1. The maximum Gasteiger partial charge on any atom is 0.246 e. The Morgan fingerprint density at radius 2 is 2.19 bits per heavy atom. The SMILES string of the molecule is COc1cccc(C(=O)CC(O)C(N)=O)c1. The summed E-state index contributed by atoms with van der Waals surface area (Å²) in [7, 11) is 1.49. The minimum atomic E-state index is -1.45. The van der Waals surface area contributed by atoms with E-state index in [4.69, 9.17) is 15.6 Å². The zero-order valence-electron chi connectivity index (χ0n) is 8.84. The minimum absolute atomic E-state index is 0.317. The Morgan fingerprint density at radius 1 is 1.50 bits per heavy atom. The van der Waals surface area contributed by atoms with Gasteiger partial charge in [0.1, 0.15) is 11.9 Å². The van der Waals surface area contributed by atoms with E-state index in [9.17, 15) is 9.59 Å². The molecule has 5 heteroatoms. The number of amides is 1. The lowest BCUT2D eigenvalue weighted by Gasteiger charge is -2.06. The molecule has 0 fully saturated rings. The maximum absolute atomic E-state index is 11.6. The van der Waals surface area contributed by atoms with Crippen LogP contribution in [0.2, 0.25) is 0 Å². The molecule has 0 radical (unpaired) electrons. The Morgan fingerprint density at radius 3 is 2.75 bits per heavy atom. The molecule has 0 spiro atoms. The third-order valence-electron chi connectivity index (χ3n) is 2.10. The predicted octanol–water partition coefficient (Wildman–Crippen LogP) is 0.114. The molecule has 1 aromatic rings. The van der Waals surface area contributed by atoms with E-state index in [0.717, 1.165) is 0 Å². The van der Waals surface area contributed by atoms with Crippen LogP contribution in [0.5, 0.6) is 5.75 Å². The molecule has 0 saturated carbocycles. The molecule has 0 bridgehead atoms. The van der Waals surface area contributed by atoms with E-state index in [1.54, 1.807) is 18.2 Å². The van der Waals surface area contributed by atoms with Crippen molar-refractivity contribution in [2.24, 2.45) is 5.73 Å². The van der Waals surface area contributed by atoms with E-state index in [1.165, 1.54) is 13.2 Å². The number of carbonyl (C=O) groups excluding carboxylic acids is 2. The summed E-state index contributed by atoms with van der Waals surface area (Å²) >= 11 is 0. The van der Waals surface area contributed by atoms with Crippen molar-refractivity contribution in [3.63, 3.8) is 0 Å². The van der Waals surface area contributed by atoms with Crippen molar-refractivity contribution in [1.82, 2.24) is 0 Å². The number of primary amides is 1. The zero-order chi connectivity index (χ0) is 12.1. The van der Waals surface area contributed by atoms with Crippen molar-refractivity contribution in [3.05, 3.63) is 29.8 Å². The number of Topliss-reactive ketones (excluding diaryl/α,β-unsaturated/α-hetero) is 1. The maximum atomic E-state index is 11.6. The molecule has 0 aromatic heterocycles. The van der Waals surface area contributed by atoms with Crippen molar-refractivity contribution in [3.8, 4) is 5.75 Å². The number of rotatable bonds is 5. The van der Waals surface area contributed by atoms with E-state index in [-0.39, 0.29) is 12.2 Å². The second-order valence-electron chi connectivity index (χ2n) is 3.28. The topological polar surface area (TPSA) is 89.6 Å². The van der Waals surface area contributed by atoms with Crippen LogP contribution in [0.25, 0.3) is 0 Å². The van der Waals surface area contributed by atoms with Gasteiger partial charge in [0.2, 0.25) is 5.91 Å². The molecule has 5 nitrogen and oxygen atoms in total. The van der Waals surface area contributed by atoms with Crippen LogP contribution in [0.3, 0.4) is 0 Å². The minimum Gasteiger partial charge on any atom is -0.497 e. The van der Waals surface area contributed by atoms with Gasteiger partial charge in [0.05, 0.1) is 7.11 Å². The number of methoxy groups -OCH3 is 1. The summed E-state index contributed by atoms with van der Waals surface area (Å²) in [5, 5.41) is 9.16. The highest BCUT2D eigenvalue weighted by Gasteiger charge is 2.17. The smallest absolute Gasteiger partial charge is 0.246 e. The van der Waals surface area contributed by atoms with Gasteiger partial charge in [-0.15, -0.1) is 0 Å². The highest BCUT2D eigenvalue weighted by molar-refractivity contribution is 5.99. The molecule has 1 aromatic carbocycles. The van der Waals surface area contributed by atoms with Gasteiger partial charge in [-0.3, -0.25) is 9.59 Å². The molecule has 0 aliphatic carbocycles. The summed E-state index contributed by atoms with van der Waals surface area (Å²) in [5.74, 6) is -0.721. The molecule has 0 heterocycles. The Bertz CT molecular complexity index is 403. The van der Waals surface area contributed by atoms with Gasteiger partial charge in [0.25, 0.3) is 0 Å². The molecular formula is C11H13NO4. The summed E-state index contributed by atoms with van der Waals surface area (Å²) in [5.41, 5.74) is 5.23. The van der Waals surface area contributed by atoms with E-state index in [2.05, 4.69) is 0 Å². The highest BCUT2D eigenvalue weighted by atomic mass is 16.5. The summed E-state index contributed by atoms with van der Waals surface area (Å²) in [6.07, 6.45) is -1.76. The van der Waals surface area contributed by atoms with Gasteiger partial charge < -0.3 is 15.6 Å². The zero-order valence-corrected chi connectivity index (χ0v) is 8.84. The van der Waals surface area contributed by atoms with Crippen LogP contribution in [0.1, 0.15) is 16.8 Å². The second kappa shape index (κ2) is 5.27. The standard InChI is InChI=1S/C11H13NO4/c1-16-8-4-2-3-7(5-8)9(13)6-10(14)11(12)15/h2-5,10,14H,6H2,1H3,(H2,12,15). The van der Waals surface area contributed by atoms with Gasteiger partial charge in [-0.1, -0.05) is 12.1 Å². The molecule has 86 valence electrons. The van der Waals surface area contributed by atoms with Crippen molar-refractivity contribution in [1.29, 1.82) is 0 Å². The lowest BCUT2D eigenvalue weighted by molar-refractivity contribution is -0.125. The second-order valence-corrected chi connectivity index (χ2v) is 3.28. The number of nitrogens with two attached hydrogens (primary N) is 1. The summed E-state index contributed by atoms with van der Waals surface area (Å²) in [6, 6.07) is 6.47. The first-order chi connectivity index (χ1) is 7.54. The van der Waals surface area contributed by atoms with E-state index in [1.807, 2.05) is 0 Å². The van der Waals surface area contributed by atoms with Crippen molar-refractivity contribution >= 4 is 11.7 Å². The van der Waals surface area contributed by atoms with Crippen LogP contribution < -0.4 is 10.5 Å². The van der Waals surface area contributed by atoms with Gasteiger partial charge in [0, 0.05) is 12.0 Å². The molecule has 1 atom stereocenters. The van der Waals surface area contributed by atoms with Gasteiger partial charge in [-0.05, 0) is 12.1 Å². The molecule has 3 N–H and O–H groups in total. The summed E-state index contributed by atoms with van der Waals surface area (Å²) in [6.45, 7) is 0. The van der Waals surface area contributed by atoms with Crippen molar-refractivity contribution < 1.29 is 19.4 Å². The molecule has 0 aliphatic rings. The Kier molecular flexibility index (Phi) is 4.02. The molecular weight excluding hydrogens is 210 g/mol. The van der Waals surface area contributed by atoms with Crippen LogP contribution in [0.4, 0.5) is 0 Å². The third-order valence-corrected chi connectivity index (χ3v) is 2.10. The van der Waals surface area contributed by atoms with Crippen LogP contribution in [-0.4, -0.2) is 30.0 Å². The van der Waals surface area contributed by atoms with Crippen molar-refractivity contribution in [2.45, 2.75) is 12.5 Å². The summed E-state index contributed by atoms with van der Waals surface area (Å²) in [4.78, 5) is 22.2. The molecule has 0 aliphatic heterocycles. The molecule has 0 saturated heterocycles. The van der Waals surface area contributed by atoms with Crippen molar-refractivity contribution in [2.75, 3.05) is 7.11 Å². The van der Waals surface area contributed by atoms with Gasteiger partial charge in [-0.25, -0.2) is 0 Å². The van der Waals surface area contributed by atoms with E-state index in [0.29, 0.717) is 11.3 Å². The number of carbonyl (C=O) groups is 2. The molecule has 1 unspecified atom stereocenters. The molecule has 1 amide bonds. The predicted molar refractivity (Wildman–Crippen MR) is 57.1 cm³/mol. The first-order valence-electron chi connectivity index (χ1n) is 4.69. The summed E-state index contributed by atoms with van der Waals surface area (Å²) < 4.78 is 4.95. The monoisotopic (exact) mass is 223 g/mol. The normalized spacial score (nSPS) is 11.9. The number of aliphatic hydroxyl groups is 1. The first kappa shape index (κ1) is 12.2. The van der Waals surface area contributed by atoms with Gasteiger partial charge >= 0.3 is 0 Å². The highest BCUT2D eigenvalue weighted by Crippen LogP contribution is 2.14. The Labute approximate surface area is 92.8 Å². The number of hydrogen-bond acceptors (Lipinski definition) is 4. The van der Waals surface area contributed by atoms with Crippen LogP contribution in [0.15, 0.2) is 24.3 Å². The fourth-order valence-electron chi connectivity index (χ4n) is 1.19. The lowest BCUT2D eigenvalue weighted by Crippen LogP contribution is -2.30. The number of ether oxygens (including phenoxy) is 1. The van der Waals surface area contributed by atoms with Gasteiger partial charge in [0.15, 0.2) is 5.78 Å². The Balaban J connectivity index is 2.76. The largest absolute Gasteiger partial charge is 0.497 e. The van der Waals surface area contributed by atoms with Crippen LogP contribution >= 0.6 is 0 Å². The average Bonchev–Trinajstić information content (AvgIpc) is 2.28. The van der Waals surface area contributed by atoms with E-state index < -0.39 is 12.0 Å². The lowest BCUT2D eigenvalue weighted by atomic mass is 10.0. The van der Waals surface area contributed by atoms with Gasteiger partial charge in [-0.2, -0.15) is 0 Å². The molecule has 1 rings (SSSR count). The third kappa shape index (κ3) is 3.06. The fraction of sp³-hybridized carbons (Fsp3) is 0.273. The van der Waals surface area contributed by atoms with Crippen LogP contribution in [0, 0.1) is 0 Å². The molecule has 16 heavy (non-hydrogen) atoms. The number of benzene rings is 1. The average molecular weight is 223 g/mol. The first-order valence-corrected chi connectivity index (χ1v) is 4.69. The fourth-order valence-corrected chi connectivity index (χ4v) is 1.19. The number of ketones is 1.